The van der Waals surface area contributed by atoms with Gasteiger partial charge in [-0.15, -0.1) is 0 Å². The fraction of sp³-hybridized carbons (Fsp3) is 0.143. The third kappa shape index (κ3) is 3.08. The Morgan fingerprint density at radius 1 is 1.06 bits per heavy atom. The van der Waals surface area contributed by atoms with E-state index in [0.717, 1.165) is 21.5 Å². The maximum Gasteiger partial charge on any atom is 0.127 e. The molecule has 0 aromatic heterocycles. The summed E-state index contributed by atoms with van der Waals surface area (Å²) in [5.74, 6) is 1.62. The van der Waals surface area contributed by atoms with Gasteiger partial charge >= 0.3 is 0 Å². The van der Waals surface area contributed by atoms with Crippen molar-refractivity contribution in [2.75, 3.05) is 0 Å². The minimum atomic E-state index is -0.0244. The fourth-order valence-corrected chi connectivity index (χ4v) is 2.17. The number of ether oxygens (including phenoxy) is 1. The first-order chi connectivity index (χ1) is 8.16. The van der Waals surface area contributed by atoms with Crippen molar-refractivity contribution in [1.82, 2.24) is 0 Å². The van der Waals surface area contributed by atoms with E-state index in [4.69, 9.17) is 10.5 Å². The molecule has 3 heteroatoms. The van der Waals surface area contributed by atoms with E-state index in [2.05, 4.69) is 15.9 Å². The number of hydrogen-bond donors (Lipinski definition) is 1. The van der Waals surface area contributed by atoms with Crippen LogP contribution in [0.1, 0.15) is 18.5 Å². The molecule has 2 aromatic carbocycles. The van der Waals surface area contributed by atoms with E-state index in [1.165, 1.54) is 0 Å². The van der Waals surface area contributed by atoms with E-state index in [-0.39, 0.29) is 6.04 Å². The van der Waals surface area contributed by atoms with Crippen LogP contribution in [0.3, 0.4) is 0 Å². The summed E-state index contributed by atoms with van der Waals surface area (Å²) in [4.78, 5) is 0. The number of halogens is 1. The average molecular weight is 292 g/mol. The third-order valence-corrected chi connectivity index (χ3v) is 3.16. The molecule has 0 spiro atoms. The van der Waals surface area contributed by atoms with E-state index >= 15 is 0 Å². The summed E-state index contributed by atoms with van der Waals surface area (Å²) in [6.07, 6.45) is 0. The lowest BCUT2D eigenvalue weighted by Gasteiger charge is -2.11. The summed E-state index contributed by atoms with van der Waals surface area (Å²) in [5.41, 5.74) is 6.93. The van der Waals surface area contributed by atoms with Crippen molar-refractivity contribution in [2.45, 2.75) is 13.0 Å². The SMILES string of the molecule is CC(N)c1cc(Oc2ccccc2)ccc1Br. The Hall–Kier alpha value is -1.32. The molecule has 0 aliphatic carbocycles. The van der Waals surface area contributed by atoms with E-state index in [9.17, 15) is 0 Å². The molecule has 0 saturated heterocycles. The fourth-order valence-electron chi connectivity index (χ4n) is 1.56. The summed E-state index contributed by atoms with van der Waals surface area (Å²) in [6.45, 7) is 1.95. The highest BCUT2D eigenvalue weighted by Crippen LogP contribution is 2.29. The molecule has 17 heavy (non-hydrogen) atoms. The predicted octanol–water partition coefficient (Wildman–Crippen LogP) is 4.26. The van der Waals surface area contributed by atoms with Crippen LogP contribution >= 0.6 is 15.9 Å². The molecule has 0 amide bonds. The van der Waals surface area contributed by atoms with Crippen LogP contribution in [0.15, 0.2) is 53.0 Å². The van der Waals surface area contributed by atoms with Crippen LogP contribution in [0.2, 0.25) is 0 Å². The Bertz CT molecular complexity index is 497. The zero-order valence-electron chi connectivity index (χ0n) is 9.56. The third-order valence-electron chi connectivity index (χ3n) is 2.44. The van der Waals surface area contributed by atoms with Crippen LogP contribution in [0.25, 0.3) is 0 Å². The molecule has 1 atom stereocenters. The van der Waals surface area contributed by atoms with Crippen molar-refractivity contribution in [3.05, 3.63) is 58.6 Å². The van der Waals surface area contributed by atoms with E-state index in [0.29, 0.717) is 0 Å². The average Bonchev–Trinajstić information content (AvgIpc) is 2.32. The molecule has 1 unspecified atom stereocenters. The molecule has 0 aliphatic rings. The van der Waals surface area contributed by atoms with Crippen molar-refractivity contribution >= 4 is 15.9 Å². The first kappa shape index (κ1) is 12.1. The summed E-state index contributed by atoms with van der Waals surface area (Å²) < 4.78 is 6.76. The van der Waals surface area contributed by atoms with Crippen LogP contribution in [-0.4, -0.2) is 0 Å². The molecule has 0 fully saturated rings. The maximum absolute atomic E-state index is 5.89. The van der Waals surface area contributed by atoms with Crippen molar-refractivity contribution in [3.63, 3.8) is 0 Å². The van der Waals surface area contributed by atoms with Gasteiger partial charge in [-0.25, -0.2) is 0 Å². The van der Waals surface area contributed by atoms with E-state index < -0.39 is 0 Å². The van der Waals surface area contributed by atoms with Gasteiger partial charge in [0, 0.05) is 10.5 Å². The molecule has 2 nitrogen and oxygen atoms in total. The molecule has 0 heterocycles. The van der Waals surface area contributed by atoms with Gasteiger partial charge in [0.2, 0.25) is 0 Å². The second-order valence-electron chi connectivity index (χ2n) is 3.89. The smallest absolute Gasteiger partial charge is 0.127 e. The molecule has 2 aromatic rings. The lowest BCUT2D eigenvalue weighted by molar-refractivity contribution is 0.481. The van der Waals surface area contributed by atoms with Gasteiger partial charge in [0.05, 0.1) is 0 Å². The lowest BCUT2D eigenvalue weighted by Crippen LogP contribution is -2.05. The topological polar surface area (TPSA) is 35.2 Å². The molecule has 0 radical (unpaired) electrons. The minimum absolute atomic E-state index is 0.0244. The molecular weight excluding hydrogens is 278 g/mol. The highest BCUT2D eigenvalue weighted by atomic mass is 79.9. The molecule has 88 valence electrons. The van der Waals surface area contributed by atoms with Crippen LogP contribution in [-0.2, 0) is 0 Å². The van der Waals surface area contributed by atoms with Crippen molar-refractivity contribution in [1.29, 1.82) is 0 Å². The number of benzene rings is 2. The van der Waals surface area contributed by atoms with Crippen LogP contribution < -0.4 is 10.5 Å². The number of hydrogen-bond acceptors (Lipinski definition) is 2. The first-order valence-corrected chi connectivity index (χ1v) is 6.24. The summed E-state index contributed by atoms with van der Waals surface area (Å²) in [6, 6.07) is 15.5. The van der Waals surface area contributed by atoms with E-state index in [1.807, 2.05) is 55.5 Å². The molecule has 0 aliphatic heterocycles. The van der Waals surface area contributed by atoms with Gasteiger partial charge in [-0.05, 0) is 42.8 Å². The first-order valence-electron chi connectivity index (χ1n) is 5.45. The van der Waals surface area contributed by atoms with Crippen molar-refractivity contribution in [2.24, 2.45) is 5.73 Å². The Labute approximate surface area is 110 Å². The predicted molar refractivity (Wildman–Crippen MR) is 73.3 cm³/mol. The van der Waals surface area contributed by atoms with Crippen molar-refractivity contribution in [3.8, 4) is 11.5 Å². The maximum atomic E-state index is 5.89. The van der Waals surface area contributed by atoms with Gasteiger partial charge in [-0.3, -0.25) is 0 Å². The van der Waals surface area contributed by atoms with Gasteiger partial charge in [-0.2, -0.15) is 0 Å². The van der Waals surface area contributed by atoms with Crippen LogP contribution in [0.5, 0.6) is 11.5 Å². The zero-order valence-corrected chi connectivity index (χ0v) is 11.1. The Morgan fingerprint density at radius 2 is 1.76 bits per heavy atom. The number of nitrogens with two attached hydrogens (primary N) is 1. The van der Waals surface area contributed by atoms with Gasteiger partial charge in [0.1, 0.15) is 11.5 Å². The van der Waals surface area contributed by atoms with Gasteiger partial charge in [0.15, 0.2) is 0 Å². The monoisotopic (exact) mass is 291 g/mol. The highest BCUT2D eigenvalue weighted by molar-refractivity contribution is 9.10. The van der Waals surface area contributed by atoms with Gasteiger partial charge in [-0.1, -0.05) is 34.1 Å². The number of rotatable bonds is 3. The van der Waals surface area contributed by atoms with E-state index in [1.54, 1.807) is 0 Å². The van der Waals surface area contributed by atoms with Crippen molar-refractivity contribution < 1.29 is 4.74 Å². The Kier molecular flexibility index (Phi) is 3.82. The second kappa shape index (κ2) is 5.34. The summed E-state index contributed by atoms with van der Waals surface area (Å²) >= 11 is 3.48. The molecule has 2 rings (SSSR count). The Morgan fingerprint density at radius 3 is 2.41 bits per heavy atom. The van der Waals surface area contributed by atoms with Crippen LogP contribution in [0, 0.1) is 0 Å². The Balaban J connectivity index is 2.26. The zero-order chi connectivity index (χ0) is 12.3. The normalized spacial score (nSPS) is 12.2. The number of para-hydroxylation sites is 1. The standard InChI is InChI=1S/C14H14BrNO/c1-10(16)13-9-12(7-8-14(13)15)17-11-5-3-2-4-6-11/h2-10H,16H2,1H3. The second-order valence-corrected chi connectivity index (χ2v) is 4.74. The highest BCUT2D eigenvalue weighted by Gasteiger charge is 2.07. The quantitative estimate of drug-likeness (QED) is 0.917. The largest absolute Gasteiger partial charge is 0.457 e. The molecule has 2 N–H and O–H groups in total. The van der Waals surface area contributed by atoms with Gasteiger partial charge < -0.3 is 10.5 Å². The van der Waals surface area contributed by atoms with Gasteiger partial charge in [0.25, 0.3) is 0 Å². The minimum Gasteiger partial charge on any atom is -0.457 e. The molecule has 0 saturated carbocycles. The summed E-state index contributed by atoms with van der Waals surface area (Å²) in [5, 5.41) is 0. The van der Waals surface area contributed by atoms with Crippen LogP contribution in [0.4, 0.5) is 0 Å². The molecule has 0 bridgehead atoms. The summed E-state index contributed by atoms with van der Waals surface area (Å²) in [7, 11) is 0. The lowest BCUT2D eigenvalue weighted by atomic mass is 10.1. The molecular formula is C14H14BrNO.